The van der Waals surface area contributed by atoms with E-state index in [1.165, 1.54) is 7.11 Å². The highest BCUT2D eigenvalue weighted by Crippen LogP contribution is 2.39. The van der Waals surface area contributed by atoms with E-state index in [-0.39, 0.29) is 11.7 Å². The Labute approximate surface area is 199 Å². The Hall–Kier alpha value is -3.00. The van der Waals surface area contributed by atoms with E-state index in [0.29, 0.717) is 36.5 Å². The molecule has 0 saturated carbocycles. The summed E-state index contributed by atoms with van der Waals surface area (Å²) in [5.41, 5.74) is 3.58. The van der Waals surface area contributed by atoms with E-state index >= 15 is 0 Å². The molecule has 7 nitrogen and oxygen atoms in total. The Morgan fingerprint density at radius 2 is 2.00 bits per heavy atom. The molecule has 0 aliphatic carbocycles. The number of fused-ring (bicyclic) bond motifs is 4. The molecular formula is C26H31FN4O3. The van der Waals surface area contributed by atoms with Crippen molar-refractivity contribution >= 4 is 17.3 Å². The summed E-state index contributed by atoms with van der Waals surface area (Å²) in [4.78, 5) is 19.2. The molecule has 2 aromatic rings. The van der Waals surface area contributed by atoms with Crippen molar-refractivity contribution in [3.05, 3.63) is 47.3 Å². The number of rotatable bonds is 4. The first-order chi connectivity index (χ1) is 16.6. The summed E-state index contributed by atoms with van der Waals surface area (Å²) in [5.74, 6) is 1.49. The van der Waals surface area contributed by atoms with Crippen LogP contribution in [-0.2, 0) is 6.54 Å². The van der Waals surface area contributed by atoms with Crippen LogP contribution in [-0.4, -0.2) is 69.8 Å². The minimum absolute atomic E-state index is 0.00599. The summed E-state index contributed by atoms with van der Waals surface area (Å²) >= 11 is 0. The zero-order valence-corrected chi connectivity index (χ0v) is 19.6. The summed E-state index contributed by atoms with van der Waals surface area (Å²) in [7, 11) is 1.51. The predicted molar refractivity (Wildman–Crippen MR) is 129 cm³/mol. The Balaban J connectivity index is 1.06. The van der Waals surface area contributed by atoms with Gasteiger partial charge in [-0.25, -0.2) is 4.39 Å². The van der Waals surface area contributed by atoms with Crippen LogP contribution in [0.25, 0.3) is 0 Å². The maximum absolute atomic E-state index is 14.7. The Morgan fingerprint density at radius 1 is 1.15 bits per heavy atom. The van der Waals surface area contributed by atoms with E-state index in [1.54, 1.807) is 6.07 Å². The third kappa shape index (κ3) is 3.74. The summed E-state index contributed by atoms with van der Waals surface area (Å²) < 4.78 is 25.9. The van der Waals surface area contributed by atoms with Gasteiger partial charge in [0.25, 0.3) is 5.91 Å². The number of benzene rings is 2. The van der Waals surface area contributed by atoms with Crippen LogP contribution in [0.15, 0.2) is 30.3 Å². The third-order valence-electron chi connectivity index (χ3n) is 7.81. The molecular weight excluding hydrogens is 435 g/mol. The van der Waals surface area contributed by atoms with Gasteiger partial charge in [0.1, 0.15) is 12.4 Å². The molecule has 0 aromatic heterocycles. The molecule has 0 bridgehead atoms. The quantitative estimate of drug-likeness (QED) is 0.748. The van der Waals surface area contributed by atoms with Crippen molar-refractivity contribution in [2.45, 2.75) is 25.4 Å². The van der Waals surface area contributed by atoms with Crippen molar-refractivity contribution in [1.82, 2.24) is 10.2 Å². The number of nitrogens with zero attached hydrogens (tertiary/aromatic N) is 3. The predicted octanol–water partition coefficient (Wildman–Crippen LogP) is 2.88. The van der Waals surface area contributed by atoms with E-state index in [9.17, 15) is 9.18 Å². The van der Waals surface area contributed by atoms with Crippen LogP contribution in [0.1, 0.15) is 28.8 Å². The van der Waals surface area contributed by atoms with Gasteiger partial charge in [0.15, 0.2) is 11.6 Å². The van der Waals surface area contributed by atoms with Crippen LogP contribution in [0.5, 0.6) is 11.5 Å². The Morgan fingerprint density at radius 3 is 2.82 bits per heavy atom. The van der Waals surface area contributed by atoms with Crippen molar-refractivity contribution in [2.75, 3.05) is 62.8 Å². The summed E-state index contributed by atoms with van der Waals surface area (Å²) in [6, 6.07) is 9.75. The maximum Gasteiger partial charge on any atom is 0.252 e. The number of hydrogen-bond donors (Lipinski definition) is 1. The number of piperazine rings is 1. The molecule has 1 atom stereocenters. The highest BCUT2D eigenvalue weighted by atomic mass is 19.1. The number of carbonyl (C=O) groups is 1. The van der Waals surface area contributed by atoms with Crippen molar-refractivity contribution in [3.8, 4) is 11.5 Å². The van der Waals surface area contributed by atoms with Gasteiger partial charge in [-0.15, -0.1) is 0 Å². The SMILES string of the molecule is COc1cccc(N2CCC(CN3CCN4c5cc6c(cc5OCC4C3)C(=O)NC6)CC2)c1F. The van der Waals surface area contributed by atoms with Crippen LogP contribution in [0.2, 0.25) is 0 Å². The lowest BCUT2D eigenvalue weighted by Gasteiger charge is -2.47. The number of methoxy groups -OCH3 is 1. The van der Waals surface area contributed by atoms with Gasteiger partial charge >= 0.3 is 0 Å². The summed E-state index contributed by atoms with van der Waals surface area (Å²) in [5, 5.41) is 2.90. The largest absolute Gasteiger partial charge is 0.494 e. The van der Waals surface area contributed by atoms with Crippen molar-refractivity contribution in [2.24, 2.45) is 5.92 Å². The van der Waals surface area contributed by atoms with E-state index in [2.05, 4.69) is 26.1 Å². The van der Waals surface area contributed by atoms with E-state index in [4.69, 9.17) is 9.47 Å². The van der Waals surface area contributed by atoms with E-state index in [1.807, 2.05) is 18.2 Å². The van der Waals surface area contributed by atoms with Gasteiger partial charge in [0.2, 0.25) is 0 Å². The average Bonchev–Trinajstić information content (AvgIpc) is 3.23. The van der Waals surface area contributed by atoms with Gasteiger partial charge in [0.05, 0.1) is 24.5 Å². The first kappa shape index (κ1) is 21.5. The molecule has 180 valence electrons. The molecule has 2 aromatic carbocycles. The molecule has 34 heavy (non-hydrogen) atoms. The van der Waals surface area contributed by atoms with Gasteiger partial charge in [-0.3, -0.25) is 9.69 Å². The molecule has 4 aliphatic rings. The number of carbonyl (C=O) groups excluding carboxylic acids is 1. The molecule has 2 saturated heterocycles. The molecule has 1 N–H and O–H groups in total. The fourth-order valence-corrected chi connectivity index (χ4v) is 5.93. The van der Waals surface area contributed by atoms with Gasteiger partial charge in [-0.05, 0) is 48.6 Å². The van der Waals surface area contributed by atoms with Gasteiger partial charge in [0, 0.05) is 51.4 Å². The number of hydrogen-bond acceptors (Lipinski definition) is 6. The standard InChI is InChI=1S/C26H31FN4O3/c1-33-23-4-2-3-21(25(23)27)30-7-5-17(6-8-30)14-29-9-10-31-19(15-29)16-34-24-12-20-18(11-22(24)31)13-28-26(20)32/h2-4,11-12,17,19H,5-10,13-16H2,1H3,(H,28,32). The number of piperidine rings is 1. The number of anilines is 2. The number of ether oxygens (including phenoxy) is 2. The van der Waals surface area contributed by atoms with Crippen LogP contribution in [0.4, 0.5) is 15.8 Å². The van der Waals surface area contributed by atoms with Crippen LogP contribution < -0.4 is 24.6 Å². The molecule has 0 radical (unpaired) electrons. The fourth-order valence-electron chi connectivity index (χ4n) is 5.93. The minimum Gasteiger partial charge on any atom is -0.494 e. The average molecular weight is 467 g/mol. The summed E-state index contributed by atoms with van der Waals surface area (Å²) in [6.07, 6.45) is 2.13. The van der Waals surface area contributed by atoms with Crippen LogP contribution >= 0.6 is 0 Å². The molecule has 1 amide bonds. The number of halogens is 1. The lowest BCUT2D eigenvalue weighted by Crippen LogP contribution is -2.58. The lowest BCUT2D eigenvalue weighted by molar-refractivity contribution is 0.0965. The monoisotopic (exact) mass is 466 g/mol. The Kier molecular flexibility index (Phi) is 5.48. The summed E-state index contributed by atoms with van der Waals surface area (Å²) in [6.45, 7) is 7.04. The topological polar surface area (TPSA) is 57.3 Å². The van der Waals surface area contributed by atoms with Crippen LogP contribution in [0, 0.1) is 11.7 Å². The lowest BCUT2D eigenvalue weighted by atomic mass is 9.94. The highest BCUT2D eigenvalue weighted by molar-refractivity contribution is 5.99. The second-order valence-electron chi connectivity index (χ2n) is 9.80. The Bertz CT molecular complexity index is 1100. The second kappa shape index (κ2) is 8.65. The number of nitrogens with one attached hydrogen (secondary N) is 1. The zero-order valence-electron chi connectivity index (χ0n) is 19.6. The van der Waals surface area contributed by atoms with Gasteiger partial charge < -0.3 is 24.6 Å². The van der Waals surface area contributed by atoms with E-state index < -0.39 is 0 Å². The molecule has 4 aliphatic heterocycles. The molecule has 1 unspecified atom stereocenters. The molecule has 4 heterocycles. The first-order valence-electron chi connectivity index (χ1n) is 12.2. The molecule has 8 heteroatoms. The van der Waals surface area contributed by atoms with Crippen molar-refractivity contribution in [3.63, 3.8) is 0 Å². The maximum atomic E-state index is 14.7. The third-order valence-corrected chi connectivity index (χ3v) is 7.81. The van der Waals surface area contributed by atoms with Crippen molar-refractivity contribution < 1.29 is 18.7 Å². The second-order valence-corrected chi connectivity index (χ2v) is 9.80. The normalized spacial score (nSPS) is 22.5. The number of amides is 1. The smallest absolute Gasteiger partial charge is 0.252 e. The fraction of sp³-hybridized carbons (Fsp3) is 0.500. The van der Waals surface area contributed by atoms with Crippen molar-refractivity contribution in [1.29, 1.82) is 0 Å². The van der Waals surface area contributed by atoms with Crippen LogP contribution in [0.3, 0.4) is 0 Å². The van der Waals surface area contributed by atoms with E-state index in [0.717, 1.165) is 74.7 Å². The first-order valence-corrected chi connectivity index (χ1v) is 12.2. The minimum atomic E-state index is -0.261. The zero-order chi connectivity index (χ0) is 23.2. The van der Waals surface area contributed by atoms with Gasteiger partial charge in [-0.1, -0.05) is 6.07 Å². The van der Waals surface area contributed by atoms with Gasteiger partial charge in [-0.2, -0.15) is 0 Å². The molecule has 0 spiro atoms. The molecule has 6 rings (SSSR count). The molecule has 2 fully saturated rings. The highest BCUT2D eigenvalue weighted by Gasteiger charge is 2.36.